The van der Waals surface area contributed by atoms with Crippen LogP contribution >= 0.6 is 12.4 Å². The number of benzene rings is 2. The van der Waals surface area contributed by atoms with Gasteiger partial charge in [0.05, 0.1) is 6.61 Å². The lowest BCUT2D eigenvalue weighted by molar-refractivity contribution is 0.0554. The Labute approximate surface area is 126 Å². The molecule has 3 rings (SSSR count). The van der Waals surface area contributed by atoms with Gasteiger partial charge in [-0.05, 0) is 23.7 Å². The Balaban J connectivity index is 0.00000147. The molecule has 20 heavy (non-hydrogen) atoms. The van der Waals surface area contributed by atoms with E-state index >= 15 is 0 Å². The highest BCUT2D eigenvalue weighted by Gasteiger charge is 2.20. The number of nitrogens with zero attached hydrogens (tertiary/aromatic N) is 1. The number of fused-ring (bicyclic) bond motifs is 1. The first-order valence-electron chi connectivity index (χ1n) is 6.77. The van der Waals surface area contributed by atoms with Gasteiger partial charge in [-0.2, -0.15) is 0 Å². The molecule has 0 amide bonds. The third-order valence-electron chi connectivity index (χ3n) is 3.64. The van der Waals surface area contributed by atoms with Gasteiger partial charge in [0.2, 0.25) is 0 Å². The maximum absolute atomic E-state index is 6.12. The Morgan fingerprint density at radius 1 is 1.00 bits per heavy atom. The van der Waals surface area contributed by atoms with Crippen molar-refractivity contribution in [2.24, 2.45) is 0 Å². The van der Waals surface area contributed by atoms with Crippen LogP contribution in [-0.2, 0) is 11.3 Å². The van der Waals surface area contributed by atoms with Crippen molar-refractivity contribution in [3.8, 4) is 0 Å². The molecule has 0 aliphatic carbocycles. The van der Waals surface area contributed by atoms with E-state index in [1.165, 1.54) is 16.7 Å². The van der Waals surface area contributed by atoms with E-state index in [0.29, 0.717) is 0 Å². The van der Waals surface area contributed by atoms with Crippen LogP contribution in [0, 0.1) is 0 Å². The summed E-state index contributed by atoms with van der Waals surface area (Å²) < 4.78 is 6.12. The molecule has 106 valence electrons. The van der Waals surface area contributed by atoms with Crippen molar-refractivity contribution < 1.29 is 4.74 Å². The summed E-state index contributed by atoms with van der Waals surface area (Å²) in [5.74, 6) is 0. The molecule has 3 heteroatoms. The third kappa shape index (κ3) is 3.21. The molecule has 0 aromatic heterocycles. The van der Waals surface area contributed by atoms with E-state index in [1.54, 1.807) is 0 Å². The standard InChI is InChI=1S/C17H19NO.ClH/c1-18-11-12-19-17(14-7-3-2-4-8-14)16-10-6-5-9-15(16)13-18;/h2-10,17H,11-13H2,1H3;1H/t17-;/m0./s1. The molecule has 0 fully saturated rings. The van der Waals surface area contributed by atoms with E-state index in [0.717, 1.165) is 19.7 Å². The van der Waals surface area contributed by atoms with Gasteiger partial charge in [0.15, 0.2) is 0 Å². The predicted molar refractivity (Wildman–Crippen MR) is 84.3 cm³/mol. The summed E-state index contributed by atoms with van der Waals surface area (Å²) in [6, 6.07) is 19.1. The fraction of sp³-hybridized carbons (Fsp3) is 0.294. The minimum absolute atomic E-state index is 0. The molecule has 0 saturated carbocycles. The van der Waals surface area contributed by atoms with Gasteiger partial charge in [0.25, 0.3) is 0 Å². The van der Waals surface area contributed by atoms with Crippen molar-refractivity contribution in [3.05, 3.63) is 71.3 Å². The minimum atomic E-state index is 0. The Morgan fingerprint density at radius 2 is 1.70 bits per heavy atom. The van der Waals surface area contributed by atoms with E-state index in [2.05, 4.69) is 60.5 Å². The Bertz CT molecular complexity index is 544. The number of likely N-dealkylation sites (N-methyl/N-ethyl adjacent to an activating group) is 1. The summed E-state index contributed by atoms with van der Waals surface area (Å²) in [4.78, 5) is 2.31. The maximum atomic E-state index is 6.12. The largest absolute Gasteiger partial charge is 0.367 e. The molecule has 2 nitrogen and oxygen atoms in total. The molecule has 1 atom stereocenters. The lowest BCUT2D eigenvalue weighted by Gasteiger charge is -2.28. The molecule has 2 aromatic carbocycles. The number of hydrogen-bond acceptors (Lipinski definition) is 2. The Kier molecular flexibility index (Phi) is 5.18. The lowest BCUT2D eigenvalue weighted by atomic mass is 9.96. The average molecular weight is 290 g/mol. The second-order valence-electron chi connectivity index (χ2n) is 5.10. The number of rotatable bonds is 1. The van der Waals surface area contributed by atoms with E-state index in [1.807, 2.05) is 6.07 Å². The summed E-state index contributed by atoms with van der Waals surface area (Å²) in [7, 11) is 2.14. The molecule has 0 saturated heterocycles. The highest BCUT2D eigenvalue weighted by molar-refractivity contribution is 5.85. The molecule has 1 heterocycles. The molecule has 1 aliphatic rings. The fourth-order valence-electron chi connectivity index (χ4n) is 2.62. The SMILES string of the molecule is CN1CCO[C@@H](c2ccccc2)c2ccccc2C1.Cl. The van der Waals surface area contributed by atoms with E-state index in [4.69, 9.17) is 4.74 Å². The van der Waals surface area contributed by atoms with Gasteiger partial charge in [0, 0.05) is 13.1 Å². The van der Waals surface area contributed by atoms with Crippen LogP contribution in [0.25, 0.3) is 0 Å². The zero-order valence-electron chi connectivity index (χ0n) is 11.7. The molecule has 0 spiro atoms. The second kappa shape index (κ2) is 6.89. The Morgan fingerprint density at radius 3 is 2.50 bits per heavy atom. The van der Waals surface area contributed by atoms with Crippen LogP contribution in [-0.4, -0.2) is 25.1 Å². The highest BCUT2D eigenvalue weighted by atomic mass is 35.5. The van der Waals surface area contributed by atoms with Crippen molar-refractivity contribution >= 4 is 12.4 Å². The van der Waals surface area contributed by atoms with Crippen LogP contribution < -0.4 is 0 Å². The Hall–Kier alpha value is -1.35. The third-order valence-corrected chi connectivity index (χ3v) is 3.64. The fourth-order valence-corrected chi connectivity index (χ4v) is 2.62. The lowest BCUT2D eigenvalue weighted by Crippen LogP contribution is -2.27. The first-order chi connectivity index (χ1) is 9.34. The zero-order chi connectivity index (χ0) is 13.1. The quantitative estimate of drug-likeness (QED) is 0.794. The van der Waals surface area contributed by atoms with Crippen molar-refractivity contribution in [3.63, 3.8) is 0 Å². The summed E-state index contributed by atoms with van der Waals surface area (Å²) >= 11 is 0. The molecule has 0 unspecified atom stereocenters. The van der Waals surface area contributed by atoms with Gasteiger partial charge in [-0.3, -0.25) is 4.90 Å². The topological polar surface area (TPSA) is 12.5 Å². The molecule has 0 N–H and O–H groups in total. The molecule has 2 aromatic rings. The van der Waals surface area contributed by atoms with Crippen LogP contribution in [0.4, 0.5) is 0 Å². The smallest absolute Gasteiger partial charge is 0.108 e. The van der Waals surface area contributed by atoms with Gasteiger partial charge >= 0.3 is 0 Å². The first-order valence-corrected chi connectivity index (χ1v) is 6.77. The monoisotopic (exact) mass is 289 g/mol. The van der Waals surface area contributed by atoms with Crippen LogP contribution in [0.15, 0.2) is 54.6 Å². The van der Waals surface area contributed by atoms with Crippen LogP contribution in [0.1, 0.15) is 22.8 Å². The van der Waals surface area contributed by atoms with Gasteiger partial charge in [-0.25, -0.2) is 0 Å². The van der Waals surface area contributed by atoms with Crippen molar-refractivity contribution in [2.75, 3.05) is 20.2 Å². The number of ether oxygens (including phenoxy) is 1. The minimum Gasteiger partial charge on any atom is -0.367 e. The second-order valence-corrected chi connectivity index (χ2v) is 5.10. The van der Waals surface area contributed by atoms with Gasteiger partial charge < -0.3 is 4.74 Å². The summed E-state index contributed by atoms with van der Waals surface area (Å²) in [6.07, 6.45) is 0.0612. The molecule has 1 aliphatic heterocycles. The van der Waals surface area contributed by atoms with Crippen molar-refractivity contribution in [2.45, 2.75) is 12.6 Å². The van der Waals surface area contributed by atoms with E-state index < -0.39 is 0 Å². The van der Waals surface area contributed by atoms with Crippen LogP contribution in [0.3, 0.4) is 0 Å². The summed E-state index contributed by atoms with van der Waals surface area (Å²) in [5.41, 5.74) is 3.89. The molecular formula is C17H20ClNO. The van der Waals surface area contributed by atoms with E-state index in [9.17, 15) is 0 Å². The van der Waals surface area contributed by atoms with Crippen LogP contribution in [0.2, 0.25) is 0 Å². The molecular weight excluding hydrogens is 270 g/mol. The van der Waals surface area contributed by atoms with Crippen LogP contribution in [0.5, 0.6) is 0 Å². The van der Waals surface area contributed by atoms with Crippen molar-refractivity contribution in [1.82, 2.24) is 4.90 Å². The first kappa shape index (κ1) is 15.0. The molecule has 0 bridgehead atoms. The molecule has 0 radical (unpaired) electrons. The normalized spacial score (nSPS) is 19.4. The predicted octanol–water partition coefficient (Wildman–Crippen LogP) is 3.66. The zero-order valence-corrected chi connectivity index (χ0v) is 12.5. The highest BCUT2D eigenvalue weighted by Crippen LogP contribution is 2.30. The number of hydrogen-bond donors (Lipinski definition) is 0. The van der Waals surface area contributed by atoms with E-state index in [-0.39, 0.29) is 18.5 Å². The summed E-state index contributed by atoms with van der Waals surface area (Å²) in [6.45, 7) is 2.73. The maximum Gasteiger partial charge on any atom is 0.108 e. The van der Waals surface area contributed by atoms with Gasteiger partial charge in [-0.1, -0.05) is 54.6 Å². The van der Waals surface area contributed by atoms with Gasteiger partial charge in [0.1, 0.15) is 6.10 Å². The average Bonchev–Trinajstić information content (AvgIpc) is 2.43. The van der Waals surface area contributed by atoms with Crippen molar-refractivity contribution in [1.29, 1.82) is 0 Å². The van der Waals surface area contributed by atoms with Gasteiger partial charge in [-0.15, -0.1) is 12.4 Å². The summed E-state index contributed by atoms with van der Waals surface area (Å²) in [5, 5.41) is 0. The number of halogens is 1.